The van der Waals surface area contributed by atoms with Crippen molar-refractivity contribution in [2.24, 2.45) is 0 Å². The number of carbonyl (C=O) groups excluding carboxylic acids is 1. The summed E-state index contributed by atoms with van der Waals surface area (Å²) in [6.45, 7) is 4.09. The van der Waals surface area contributed by atoms with E-state index in [1.54, 1.807) is 38.2 Å². The Bertz CT molecular complexity index is 915. The Balaban J connectivity index is 1.93. The van der Waals surface area contributed by atoms with Crippen molar-refractivity contribution >= 4 is 27.3 Å². The van der Waals surface area contributed by atoms with Crippen LogP contribution in [0.15, 0.2) is 47.4 Å². The molecule has 2 N–H and O–H groups in total. The molecule has 0 heterocycles. The molecule has 0 atom stereocenters. The lowest BCUT2D eigenvalue weighted by Gasteiger charge is -2.17. The van der Waals surface area contributed by atoms with Crippen LogP contribution >= 0.6 is 0 Å². The molecule has 28 heavy (non-hydrogen) atoms. The van der Waals surface area contributed by atoms with Gasteiger partial charge in [0, 0.05) is 25.0 Å². The van der Waals surface area contributed by atoms with Crippen LogP contribution in [-0.4, -0.2) is 38.8 Å². The maximum Gasteiger partial charge on any atom is 0.243 e. The van der Waals surface area contributed by atoms with Crippen LogP contribution in [0.4, 0.5) is 15.8 Å². The maximum absolute atomic E-state index is 13.5. The zero-order chi connectivity index (χ0) is 20.7. The summed E-state index contributed by atoms with van der Waals surface area (Å²) in [4.78, 5) is 12.2. The zero-order valence-electron chi connectivity index (χ0n) is 16.3. The first kappa shape index (κ1) is 21.8. The Morgan fingerprint density at radius 3 is 2.36 bits per heavy atom. The Kier molecular flexibility index (Phi) is 7.53. The van der Waals surface area contributed by atoms with Crippen molar-refractivity contribution in [1.29, 1.82) is 0 Å². The molecule has 0 saturated heterocycles. The summed E-state index contributed by atoms with van der Waals surface area (Å²) < 4.78 is 39.8. The van der Waals surface area contributed by atoms with E-state index >= 15 is 0 Å². The van der Waals surface area contributed by atoms with Gasteiger partial charge >= 0.3 is 0 Å². The minimum Gasteiger partial charge on any atom is -0.376 e. The SMILES string of the molecule is CCCCN(C)S(=O)(=O)c1ccc(NCC(=O)Nc2ccc(C)c(F)c2)cc1. The number of sulfonamides is 1. The molecule has 152 valence electrons. The van der Waals surface area contributed by atoms with E-state index in [0.717, 1.165) is 12.8 Å². The highest BCUT2D eigenvalue weighted by molar-refractivity contribution is 7.89. The molecule has 0 fully saturated rings. The number of rotatable bonds is 9. The summed E-state index contributed by atoms with van der Waals surface area (Å²) in [5.74, 6) is -0.717. The summed E-state index contributed by atoms with van der Waals surface area (Å²) in [6, 6.07) is 10.7. The van der Waals surface area contributed by atoms with Gasteiger partial charge in [-0.25, -0.2) is 17.1 Å². The monoisotopic (exact) mass is 407 g/mol. The van der Waals surface area contributed by atoms with Gasteiger partial charge in [0.25, 0.3) is 0 Å². The first-order valence-corrected chi connectivity index (χ1v) is 10.5. The number of carbonyl (C=O) groups is 1. The second-order valence-electron chi connectivity index (χ2n) is 6.57. The molecule has 8 heteroatoms. The number of halogens is 1. The molecule has 0 aromatic heterocycles. The van der Waals surface area contributed by atoms with Gasteiger partial charge in [-0.15, -0.1) is 0 Å². The molecular formula is C20H26FN3O3S. The van der Waals surface area contributed by atoms with Crippen LogP contribution in [0, 0.1) is 12.7 Å². The normalized spacial score (nSPS) is 11.5. The van der Waals surface area contributed by atoms with Crippen molar-refractivity contribution < 1.29 is 17.6 Å². The highest BCUT2D eigenvalue weighted by Crippen LogP contribution is 2.18. The quantitative estimate of drug-likeness (QED) is 0.666. The van der Waals surface area contributed by atoms with Crippen molar-refractivity contribution in [2.75, 3.05) is 30.8 Å². The minimum absolute atomic E-state index is 0.0298. The summed E-state index contributed by atoms with van der Waals surface area (Å²) >= 11 is 0. The van der Waals surface area contributed by atoms with Crippen LogP contribution in [0.1, 0.15) is 25.3 Å². The number of anilines is 2. The van der Waals surface area contributed by atoms with Gasteiger partial charge in [-0.1, -0.05) is 19.4 Å². The number of amides is 1. The average molecular weight is 408 g/mol. The van der Waals surface area contributed by atoms with E-state index in [1.807, 2.05) is 6.92 Å². The number of benzene rings is 2. The van der Waals surface area contributed by atoms with Gasteiger partial charge in [-0.2, -0.15) is 0 Å². The number of nitrogens with zero attached hydrogens (tertiary/aromatic N) is 1. The topological polar surface area (TPSA) is 78.5 Å². The maximum atomic E-state index is 13.5. The van der Waals surface area contributed by atoms with Gasteiger partial charge < -0.3 is 10.6 Å². The van der Waals surface area contributed by atoms with Gasteiger partial charge in [-0.05, 0) is 55.3 Å². The van der Waals surface area contributed by atoms with Gasteiger partial charge in [0.1, 0.15) is 5.82 Å². The molecule has 0 spiro atoms. The lowest BCUT2D eigenvalue weighted by Crippen LogP contribution is -2.28. The van der Waals surface area contributed by atoms with Crippen LogP contribution in [0.2, 0.25) is 0 Å². The van der Waals surface area contributed by atoms with Crippen LogP contribution in [0.5, 0.6) is 0 Å². The van der Waals surface area contributed by atoms with Crippen molar-refractivity contribution in [2.45, 2.75) is 31.6 Å². The molecule has 6 nitrogen and oxygen atoms in total. The molecule has 2 rings (SSSR count). The third kappa shape index (κ3) is 5.77. The molecule has 0 aliphatic rings. The fourth-order valence-electron chi connectivity index (χ4n) is 2.48. The second kappa shape index (κ2) is 9.66. The zero-order valence-corrected chi connectivity index (χ0v) is 17.1. The molecule has 2 aromatic rings. The van der Waals surface area contributed by atoms with E-state index in [0.29, 0.717) is 23.5 Å². The molecular weight excluding hydrogens is 381 g/mol. The van der Waals surface area contributed by atoms with Crippen LogP contribution in [0.3, 0.4) is 0 Å². The molecule has 2 aromatic carbocycles. The average Bonchev–Trinajstić information content (AvgIpc) is 2.67. The van der Waals surface area contributed by atoms with Crippen LogP contribution in [-0.2, 0) is 14.8 Å². The van der Waals surface area contributed by atoms with Crippen LogP contribution < -0.4 is 10.6 Å². The standard InChI is InChI=1S/C20H26FN3O3S/c1-4-5-12-24(3)28(26,27)18-10-8-16(9-11-18)22-14-20(25)23-17-7-6-15(2)19(21)13-17/h6-11,13,22H,4-5,12,14H2,1-3H3,(H,23,25). The van der Waals surface area contributed by atoms with Crippen molar-refractivity contribution in [3.63, 3.8) is 0 Å². The molecule has 0 aliphatic heterocycles. The summed E-state index contributed by atoms with van der Waals surface area (Å²) in [6.07, 6.45) is 1.72. The summed E-state index contributed by atoms with van der Waals surface area (Å²) in [5, 5.41) is 5.52. The molecule has 0 aliphatic carbocycles. The predicted molar refractivity (Wildman–Crippen MR) is 109 cm³/mol. The molecule has 1 amide bonds. The number of unbranched alkanes of at least 4 members (excludes halogenated alkanes) is 1. The van der Waals surface area contributed by atoms with Crippen molar-refractivity contribution in [3.8, 4) is 0 Å². The second-order valence-corrected chi connectivity index (χ2v) is 8.62. The molecule has 0 unspecified atom stereocenters. The predicted octanol–water partition coefficient (Wildman–Crippen LogP) is 3.61. The Morgan fingerprint density at radius 2 is 1.75 bits per heavy atom. The van der Waals surface area contributed by atoms with E-state index in [-0.39, 0.29) is 23.2 Å². The largest absolute Gasteiger partial charge is 0.376 e. The number of hydrogen-bond donors (Lipinski definition) is 2. The third-order valence-corrected chi connectivity index (χ3v) is 6.17. The Morgan fingerprint density at radius 1 is 1.11 bits per heavy atom. The van der Waals surface area contributed by atoms with Crippen LogP contribution in [0.25, 0.3) is 0 Å². The van der Waals surface area contributed by atoms with E-state index in [4.69, 9.17) is 0 Å². The summed E-state index contributed by atoms with van der Waals surface area (Å²) in [5.41, 5.74) is 1.50. The van der Waals surface area contributed by atoms with E-state index in [2.05, 4.69) is 10.6 Å². The fraction of sp³-hybridized carbons (Fsp3) is 0.350. The highest BCUT2D eigenvalue weighted by atomic mass is 32.2. The first-order chi connectivity index (χ1) is 13.2. The number of nitrogens with one attached hydrogen (secondary N) is 2. The Labute approximate surface area is 165 Å². The smallest absolute Gasteiger partial charge is 0.243 e. The molecule has 0 bridgehead atoms. The lowest BCUT2D eigenvalue weighted by atomic mass is 10.2. The van der Waals surface area contributed by atoms with E-state index in [1.165, 1.54) is 22.5 Å². The van der Waals surface area contributed by atoms with E-state index in [9.17, 15) is 17.6 Å². The van der Waals surface area contributed by atoms with Crippen molar-refractivity contribution in [1.82, 2.24) is 4.31 Å². The Hall–Kier alpha value is -2.45. The van der Waals surface area contributed by atoms with Gasteiger partial charge in [0.05, 0.1) is 11.4 Å². The van der Waals surface area contributed by atoms with Gasteiger partial charge in [0.2, 0.25) is 15.9 Å². The van der Waals surface area contributed by atoms with Crippen molar-refractivity contribution in [3.05, 3.63) is 53.8 Å². The van der Waals surface area contributed by atoms with Gasteiger partial charge in [-0.3, -0.25) is 4.79 Å². The molecule has 0 radical (unpaired) electrons. The van der Waals surface area contributed by atoms with Gasteiger partial charge in [0.15, 0.2) is 0 Å². The first-order valence-electron chi connectivity index (χ1n) is 9.10. The minimum atomic E-state index is -3.52. The number of hydrogen-bond acceptors (Lipinski definition) is 4. The number of aryl methyl sites for hydroxylation is 1. The lowest BCUT2D eigenvalue weighted by molar-refractivity contribution is -0.114. The fourth-order valence-corrected chi connectivity index (χ4v) is 3.69. The summed E-state index contributed by atoms with van der Waals surface area (Å²) in [7, 11) is -1.95. The molecule has 0 saturated carbocycles. The third-order valence-electron chi connectivity index (χ3n) is 4.30. The highest BCUT2D eigenvalue weighted by Gasteiger charge is 2.19. The van der Waals surface area contributed by atoms with E-state index < -0.39 is 10.0 Å².